The second-order valence-electron chi connectivity index (χ2n) is 6.52. The molecule has 3 rings (SSSR count). The quantitative estimate of drug-likeness (QED) is 0.653. The van der Waals surface area contributed by atoms with Crippen molar-refractivity contribution in [3.8, 4) is 17.2 Å². The number of hydrogen-bond donors (Lipinski definition) is 1. The fraction of sp³-hybridized carbons (Fsp3) is 0.238. The largest absolute Gasteiger partial charge is 0.495 e. The predicted octanol–water partition coefficient (Wildman–Crippen LogP) is 3.26. The van der Waals surface area contributed by atoms with Gasteiger partial charge in [-0.05, 0) is 43.3 Å². The molecule has 1 aliphatic rings. The molecule has 0 unspecified atom stereocenters. The van der Waals surface area contributed by atoms with E-state index in [4.69, 9.17) is 25.8 Å². The van der Waals surface area contributed by atoms with E-state index < -0.39 is 16.1 Å². The summed E-state index contributed by atoms with van der Waals surface area (Å²) < 4.78 is 46.1. The van der Waals surface area contributed by atoms with Crippen LogP contribution in [-0.2, 0) is 15.0 Å². The lowest BCUT2D eigenvalue weighted by atomic mass is 10.1. The zero-order chi connectivity index (χ0) is 23.5. The van der Waals surface area contributed by atoms with Crippen LogP contribution in [-0.4, -0.2) is 52.2 Å². The fourth-order valence-electron chi connectivity index (χ4n) is 3.10. The highest BCUT2D eigenvalue weighted by Gasteiger charge is 2.32. The summed E-state index contributed by atoms with van der Waals surface area (Å²) in [4.78, 5) is 13.1. The first-order chi connectivity index (χ1) is 15.2. The van der Waals surface area contributed by atoms with Gasteiger partial charge in [0.15, 0.2) is 11.5 Å². The molecule has 0 radical (unpaired) electrons. The summed E-state index contributed by atoms with van der Waals surface area (Å²) in [6.07, 6.45) is 1.41. The number of methoxy groups -OCH3 is 3. The third kappa shape index (κ3) is 4.66. The lowest BCUT2D eigenvalue weighted by Gasteiger charge is -2.26. The molecule has 1 amide bonds. The minimum Gasteiger partial charge on any atom is -0.495 e. The Bertz CT molecular complexity index is 1210. The van der Waals surface area contributed by atoms with Gasteiger partial charge in [0.2, 0.25) is 0 Å². The average Bonchev–Trinajstić information content (AvgIpc) is 2.78. The van der Waals surface area contributed by atoms with Crippen molar-refractivity contribution >= 4 is 39.1 Å². The minimum atomic E-state index is -4.14. The summed E-state index contributed by atoms with van der Waals surface area (Å²) >= 11 is 6.03. The number of anilines is 1. The molecule has 9 nitrogen and oxygen atoms in total. The fourth-order valence-corrected chi connectivity index (χ4v) is 4.51. The van der Waals surface area contributed by atoms with Crippen molar-refractivity contribution in [1.29, 1.82) is 0 Å². The van der Waals surface area contributed by atoms with Gasteiger partial charge < -0.3 is 19.5 Å². The second-order valence-corrected chi connectivity index (χ2v) is 8.45. The third-order valence-electron chi connectivity index (χ3n) is 4.64. The number of ether oxygens (including phenoxy) is 3. The maximum absolute atomic E-state index is 13.1. The Kier molecular flexibility index (Phi) is 6.95. The van der Waals surface area contributed by atoms with Gasteiger partial charge in [-0.15, -0.1) is 4.40 Å². The maximum Gasteiger partial charge on any atom is 0.345 e. The molecule has 0 bridgehead atoms. The Labute approximate surface area is 191 Å². The van der Waals surface area contributed by atoms with Gasteiger partial charge in [-0.2, -0.15) is 8.42 Å². The van der Waals surface area contributed by atoms with E-state index in [1.165, 1.54) is 33.5 Å². The monoisotopic (exact) mass is 479 g/mol. The topological polar surface area (TPSA) is 107 Å². The van der Waals surface area contributed by atoms with Gasteiger partial charge in [-0.25, -0.2) is 4.31 Å². The van der Waals surface area contributed by atoms with Crippen molar-refractivity contribution in [2.24, 2.45) is 4.40 Å². The molecule has 170 valence electrons. The van der Waals surface area contributed by atoms with Gasteiger partial charge in [0, 0.05) is 23.9 Å². The molecule has 0 saturated heterocycles. The molecular weight excluding hydrogens is 458 g/mol. The van der Waals surface area contributed by atoms with Crippen molar-refractivity contribution in [2.75, 3.05) is 33.2 Å². The first kappa shape index (κ1) is 23.4. The Morgan fingerprint density at radius 3 is 2.34 bits per heavy atom. The minimum absolute atomic E-state index is 0.0221. The lowest BCUT2D eigenvalue weighted by molar-refractivity contribution is -0.113. The van der Waals surface area contributed by atoms with E-state index in [1.54, 1.807) is 37.3 Å². The number of nitrogens with zero attached hydrogens (tertiary/aromatic N) is 2. The van der Waals surface area contributed by atoms with Gasteiger partial charge in [-0.3, -0.25) is 4.79 Å². The van der Waals surface area contributed by atoms with Crippen LogP contribution >= 0.6 is 11.6 Å². The standard InChI is InChI=1S/C21H22ClN3O6S/c1-5-25-17(21(26)23-14-7-8-15(22)19(11-14)30-3)12-16(24-32(25,27)28)13-6-9-18(29-2)20(10-13)31-4/h6-12H,5H2,1-4H3,(H,23,26). The van der Waals surface area contributed by atoms with Gasteiger partial charge in [0.05, 0.1) is 32.1 Å². The van der Waals surface area contributed by atoms with Gasteiger partial charge in [-0.1, -0.05) is 11.6 Å². The number of rotatable bonds is 7. The first-order valence-electron chi connectivity index (χ1n) is 9.45. The lowest BCUT2D eigenvalue weighted by Crippen LogP contribution is -2.38. The highest BCUT2D eigenvalue weighted by molar-refractivity contribution is 7.88. The highest BCUT2D eigenvalue weighted by Crippen LogP contribution is 2.31. The molecule has 0 aliphatic carbocycles. The van der Waals surface area contributed by atoms with E-state index in [9.17, 15) is 13.2 Å². The number of likely N-dealkylation sites (N-methyl/N-ethyl adjacent to an activating group) is 1. The van der Waals surface area contributed by atoms with Crippen LogP contribution in [0.15, 0.2) is 52.6 Å². The number of allylic oxidation sites excluding steroid dienone is 1. The Balaban J connectivity index is 2.02. The highest BCUT2D eigenvalue weighted by atomic mass is 35.5. The van der Waals surface area contributed by atoms with E-state index in [1.807, 2.05) is 0 Å². The second kappa shape index (κ2) is 9.49. The smallest absolute Gasteiger partial charge is 0.345 e. The van der Waals surface area contributed by atoms with E-state index in [0.717, 1.165) is 4.31 Å². The number of hydrogen-bond acceptors (Lipinski definition) is 6. The summed E-state index contributed by atoms with van der Waals surface area (Å²) in [7, 11) is 0.275. The van der Waals surface area contributed by atoms with Gasteiger partial charge >= 0.3 is 10.2 Å². The van der Waals surface area contributed by atoms with E-state index in [-0.39, 0.29) is 18.0 Å². The van der Waals surface area contributed by atoms with E-state index >= 15 is 0 Å². The summed E-state index contributed by atoms with van der Waals surface area (Å²) in [6.45, 7) is 1.63. The third-order valence-corrected chi connectivity index (χ3v) is 6.39. The SMILES string of the molecule is CCN1C(C(=O)Nc2ccc(Cl)c(OC)c2)=CC(c2ccc(OC)c(OC)c2)=NS1(=O)=O. The normalized spacial score (nSPS) is 14.8. The molecule has 2 aromatic carbocycles. The van der Waals surface area contributed by atoms with Crippen LogP contribution in [0.5, 0.6) is 17.2 Å². The summed E-state index contributed by atoms with van der Waals surface area (Å²) in [5.41, 5.74) is 0.844. The number of nitrogens with one attached hydrogen (secondary N) is 1. The Morgan fingerprint density at radius 1 is 1.03 bits per heavy atom. The number of carbonyl (C=O) groups is 1. The van der Waals surface area contributed by atoms with E-state index in [2.05, 4.69) is 9.71 Å². The van der Waals surface area contributed by atoms with Crippen LogP contribution in [0.1, 0.15) is 12.5 Å². The zero-order valence-electron chi connectivity index (χ0n) is 17.9. The molecule has 0 aromatic heterocycles. The molecule has 2 aromatic rings. The summed E-state index contributed by atoms with van der Waals surface area (Å²) in [5.74, 6) is 0.613. The zero-order valence-corrected chi connectivity index (χ0v) is 19.5. The predicted molar refractivity (Wildman–Crippen MR) is 122 cm³/mol. The van der Waals surface area contributed by atoms with Gasteiger partial charge in [0.1, 0.15) is 11.4 Å². The van der Waals surface area contributed by atoms with Crippen LogP contribution in [0, 0.1) is 0 Å². The average molecular weight is 480 g/mol. The number of benzene rings is 2. The van der Waals surface area contributed by atoms with Crippen LogP contribution in [0.3, 0.4) is 0 Å². The molecule has 0 saturated carbocycles. The summed E-state index contributed by atoms with van der Waals surface area (Å²) in [5, 5.41) is 3.05. The summed E-state index contributed by atoms with van der Waals surface area (Å²) in [6, 6.07) is 9.54. The van der Waals surface area contributed by atoms with Crippen LogP contribution in [0.2, 0.25) is 5.02 Å². The molecule has 32 heavy (non-hydrogen) atoms. The molecular formula is C21H22ClN3O6S. The molecule has 11 heteroatoms. The van der Waals surface area contributed by atoms with Crippen LogP contribution in [0.25, 0.3) is 0 Å². The molecule has 1 heterocycles. The van der Waals surface area contributed by atoms with Crippen molar-refractivity contribution in [2.45, 2.75) is 6.92 Å². The molecule has 1 aliphatic heterocycles. The van der Waals surface area contributed by atoms with Crippen molar-refractivity contribution in [3.05, 3.63) is 58.8 Å². The first-order valence-corrected chi connectivity index (χ1v) is 11.2. The Morgan fingerprint density at radius 2 is 1.72 bits per heavy atom. The van der Waals surface area contributed by atoms with Gasteiger partial charge in [0.25, 0.3) is 5.91 Å². The van der Waals surface area contributed by atoms with E-state index in [0.29, 0.717) is 33.5 Å². The Hall–Kier alpha value is -3.24. The van der Waals surface area contributed by atoms with Crippen molar-refractivity contribution in [1.82, 2.24) is 4.31 Å². The maximum atomic E-state index is 13.1. The van der Waals surface area contributed by atoms with Crippen LogP contribution in [0.4, 0.5) is 5.69 Å². The number of amides is 1. The van der Waals surface area contributed by atoms with Crippen molar-refractivity contribution < 1.29 is 27.4 Å². The molecule has 0 spiro atoms. The number of carbonyl (C=O) groups excluding carboxylic acids is 1. The molecule has 0 fully saturated rings. The molecule has 0 atom stereocenters. The molecule has 1 N–H and O–H groups in total. The number of halogens is 1. The van der Waals surface area contributed by atoms with Crippen molar-refractivity contribution in [3.63, 3.8) is 0 Å². The van der Waals surface area contributed by atoms with Crippen LogP contribution < -0.4 is 19.5 Å².